The first-order chi connectivity index (χ1) is 18.7. The van der Waals surface area contributed by atoms with Gasteiger partial charge in [-0.2, -0.15) is 0 Å². The number of fused-ring (bicyclic) bond motifs is 2. The van der Waals surface area contributed by atoms with Gasteiger partial charge in [0.05, 0.1) is 5.69 Å². The summed E-state index contributed by atoms with van der Waals surface area (Å²) in [5, 5.41) is 9.60. The molecule has 0 bridgehead atoms. The first kappa shape index (κ1) is 28.6. The number of likely N-dealkylation sites (tertiary alicyclic amines) is 2. The fraction of sp³-hybridized carbons (Fsp3) is 0.517. The Labute approximate surface area is 250 Å². The summed E-state index contributed by atoms with van der Waals surface area (Å²) in [7, 11) is 0. The summed E-state index contributed by atoms with van der Waals surface area (Å²) in [5.74, 6) is -0.530. The van der Waals surface area contributed by atoms with Crippen LogP contribution in [0.15, 0.2) is 33.3 Å². The number of hydrogen-bond acceptors (Lipinski definition) is 4. The Hall–Kier alpha value is -1.97. The topological polar surface area (TPSA) is 90.8 Å². The van der Waals surface area contributed by atoms with E-state index >= 15 is 0 Å². The minimum atomic E-state index is -1.10. The number of amides is 2. The van der Waals surface area contributed by atoms with E-state index in [1.807, 2.05) is 17.2 Å². The lowest BCUT2D eigenvalue weighted by Gasteiger charge is -2.38. The van der Waals surface area contributed by atoms with Gasteiger partial charge < -0.3 is 14.9 Å². The van der Waals surface area contributed by atoms with Gasteiger partial charge >= 0.3 is 5.97 Å². The first-order valence-electron chi connectivity index (χ1n) is 13.6. The summed E-state index contributed by atoms with van der Waals surface area (Å²) < 4.78 is 2.01. The van der Waals surface area contributed by atoms with E-state index in [1.165, 1.54) is 16.7 Å². The molecule has 1 aromatic heterocycles. The van der Waals surface area contributed by atoms with Gasteiger partial charge in [0.2, 0.25) is 11.8 Å². The number of carboxylic acid groups (broad SMARTS) is 1. The number of benzene rings is 1. The van der Waals surface area contributed by atoms with Crippen molar-refractivity contribution in [3.8, 4) is 0 Å². The molecule has 2 fully saturated rings. The van der Waals surface area contributed by atoms with Crippen LogP contribution in [0.4, 0.5) is 0 Å². The number of rotatable bonds is 5. The zero-order valence-electron chi connectivity index (χ0n) is 21.7. The van der Waals surface area contributed by atoms with Crippen molar-refractivity contribution < 1.29 is 19.5 Å². The van der Waals surface area contributed by atoms with Crippen molar-refractivity contribution in [1.82, 2.24) is 14.8 Å². The molecule has 2 amide bonds. The Morgan fingerprint density at radius 3 is 2.26 bits per heavy atom. The summed E-state index contributed by atoms with van der Waals surface area (Å²) in [6.45, 7) is 2.49. The quantitative estimate of drug-likeness (QED) is 0.401. The molecule has 0 radical (unpaired) electrons. The van der Waals surface area contributed by atoms with Crippen molar-refractivity contribution in [2.24, 2.45) is 11.8 Å². The van der Waals surface area contributed by atoms with Crippen LogP contribution in [0, 0.1) is 11.8 Å². The number of aryl methyl sites for hydroxylation is 2. The summed E-state index contributed by atoms with van der Waals surface area (Å²) in [6.07, 6.45) is 7.02. The van der Waals surface area contributed by atoms with Gasteiger partial charge in [0.15, 0.2) is 0 Å². The van der Waals surface area contributed by atoms with E-state index in [0.29, 0.717) is 25.4 Å². The fourth-order valence-electron chi connectivity index (χ4n) is 6.52. The maximum atomic E-state index is 13.2. The van der Waals surface area contributed by atoms with E-state index < -0.39 is 12.4 Å². The van der Waals surface area contributed by atoms with Gasteiger partial charge in [-0.15, -0.1) is 0 Å². The number of nitrogens with zero attached hydrogens (tertiary/aromatic N) is 3. The molecule has 2 aliphatic heterocycles. The molecule has 3 heterocycles. The van der Waals surface area contributed by atoms with E-state index in [-0.39, 0.29) is 23.7 Å². The average Bonchev–Trinajstić information content (AvgIpc) is 3.05. The van der Waals surface area contributed by atoms with Gasteiger partial charge in [-0.25, -0.2) is 0 Å². The molecule has 1 N–H and O–H groups in total. The molecule has 3 aliphatic rings. The van der Waals surface area contributed by atoms with Crippen molar-refractivity contribution in [2.75, 3.05) is 26.2 Å². The molecule has 0 unspecified atom stereocenters. The predicted octanol–water partition coefficient (Wildman–Crippen LogP) is 5.83. The lowest BCUT2D eigenvalue weighted by Crippen LogP contribution is -2.43. The molecule has 10 heteroatoms. The summed E-state index contributed by atoms with van der Waals surface area (Å²) >= 11 is 13.9. The Morgan fingerprint density at radius 2 is 1.56 bits per heavy atom. The molecular formula is C29H32Br2ClN3O4. The maximum absolute atomic E-state index is 13.2. The van der Waals surface area contributed by atoms with Gasteiger partial charge in [0, 0.05) is 58.7 Å². The number of pyridine rings is 1. The Balaban J connectivity index is 1.24. The minimum Gasteiger partial charge on any atom is -0.481 e. The van der Waals surface area contributed by atoms with Crippen molar-refractivity contribution in [3.63, 3.8) is 0 Å². The third kappa shape index (κ3) is 6.51. The van der Waals surface area contributed by atoms with Crippen LogP contribution in [0.3, 0.4) is 0 Å². The number of carbonyl (C=O) groups excluding carboxylic acids is 2. The smallest absolute Gasteiger partial charge is 0.312 e. The SMILES string of the molecule is O=C(O)CC(=O)N1CCC(CC(=O)N2CCC([C@H]3c4ncc(Br)cc4CCc4cc(Cl)cc(Br)c43)CC2)CC1. The Kier molecular flexibility index (Phi) is 8.98. The van der Waals surface area contributed by atoms with Crippen LogP contribution in [0.1, 0.15) is 66.8 Å². The van der Waals surface area contributed by atoms with E-state index in [9.17, 15) is 14.4 Å². The third-order valence-corrected chi connectivity index (χ3v) is 9.82. The van der Waals surface area contributed by atoms with Crippen LogP contribution >= 0.6 is 43.5 Å². The number of piperidine rings is 2. The number of hydrogen-bond donors (Lipinski definition) is 1. The fourth-order valence-corrected chi connectivity index (χ4v) is 8.02. The highest BCUT2D eigenvalue weighted by Crippen LogP contribution is 2.46. The maximum Gasteiger partial charge on any atom is 0.312 e. The van der Waals surface area contributed by atoms with Gasteiger partial charge in [-0.3, -0.25) is 19.4 Å². The van der Waals surface area contributed by atoms with Crippen molar-refractivity contribution in [3.05, 3.63) is 60.7 Å². The summed E-state index contributed by atoms with van der Waals surface area (Å²) in [6, 6.07) is 6.27. The number of aliphatic carboxylic acids is 1. The molecule has 0 saturated carbocycles. The minimum absolute atomic E-state index is 0.141. The summed E-state index contributed by atoms with van der Waals surface area (Å²) in [4.78, 5) is 44.6. The molecule has 2 saturated heterocycles. The average molecular weight is 682 g/mol. The largest absolute Gasteiger partial charge is 0.481 e. The molecule has 1 aliphatic carbocycles. The van der Waals surface area contributed by atoms with E-state index in [0.717, 1.165) is 71.3 Å². The number of carboxylic acids is 1. The van der Waals surface area contributed by atoms with Crippen LogP contribution in [0.25, 0.3) is 0 Å². The highest BCUT2D eigenvalue weighted by Gasteiger charge is 2.37. The molecule has 7 nitrogen and oxygen atoms in total. The number of carbonyl (C=O) groups is 3. The second-order valence-corrected chi connectivity index (χ2v) is 13.2. The highest BCUT2D eigenvalue weighted by molar-refractivity contribution is 9.10. The van der Waals surface area contributed by atoms with E-state index in [2.05, 4.69) is 44.0 Å². The van der Waals surface area contributed by atoms with Crippen LogP contribution in [0.5, 0.6) is 0 Å². The number of aromatic nitrogens is 1. The van der Waals surface area contributed by atoms with Crippen LogP contribution in [-0.2, 0) is 27.2 Å². The molecule has 1 aromatic carbocycles. The molecule has 2 aromatic rings. The Morgan fingerprint density at radius 1 is 0.923 bits per heavy atom. The molecule has 5 rings (SSSR count). The van der Waals surface area contributed by atoms with Crippen LogP contribution in [-0.4, -0.2) is 63.9 Å². The van der Waals surface area contributed by atoms with Gasteiger partial charge in [-0.1, -0.05) is 27.5 Å². The first-order valence-corrected chi connectivity index (χ1v) is 15.6. The van der Waals surface area contributed by atoms with Crippen molar-refractivity contribution >= 4 is 61.2 Å². The Bertz CT molecular complexity index is 1270. The molecule has 39 heavy (non-hydrogen) atoms. The molecular weight excluding hydrogens is 650 g/mol. The predicted molar refractivity (Wildman–Crippen MR) is 156 cm³/mol. The van der Waals surface area contributed by atoms with E-state index in [4.69, 9.17) is 21.7 Å². The number of halogens is 3. The second-order valence-electron chi connectivity index (χ2n) is 11.0. The van der Waals surface area contributed by atoms with E-state index in [1.54, 1.807) is 4.90 Å². The van der Waals surface area contributed by atoms with Gasteiger partial charge in [-0.05, 0) is 101 Å². The lowest BCUT2D eigenvalue weighted by atomic mass is 9.76. The monoisotopic (exact) mass is 679 g/mol. The summed E-state index contributed by atoms with van der Waals surface area (Å²) in [5.41, 5.74) is 4.94. The molecule has 208 valence electrons. The van der Waals surface area contributed by atoms with Crippen LogP contribution in [0.2, 0.25) is 5.02 Å². The lowest BCUT2D eigenvalue weighted by molar-refractivity contribution is -0.144. The third-order valence-electron chi connectivity index (χ3n) is 8.51. The zero-order chi connectivity index (χ0) is 27.7. The van der Waals surface area contributed by atoms with Crippen molar-refractivity contribution in [1.29, 1.82) is 0 Å². The zero-order valence-corrected chi connectivity index (χ0v) is 25.6. The van der Waals surface area contributed by atoms with Gasteiger partial charge in [0.1, 0.15) is 6.42 Å². The van der Waals surface area contributed by atoms with Crippen molar-refractivity contribution in [2.45, 2.75) is 57.3 Å². The van der Waals surface area contributed by atoms with Crippen LogP contribution < -0.4 is 0 Å². The highest BCUT2D eigenvalue weighted by atomic mass is 79.9. The molecule has 1 atom stereocenters. The standard InChI is InChI=1S/C29H32Br2ClN3O4/c30-21-12-20-2-1-19-13-22(32)14-23(31)27(19)28(29(20)33-16-21)18-5-9-35(10-6-18)24(36)11-17-3-7-34(8-4-17)25(37)15-26(38)39/h12-14,16-18,28H,1-11,15H2,(H,38,39)/t28-/m1/s1. The normalized spacial score (nSPS) is 20.2. The second kappa shape index (κ2) is 12.3. The van der Waals surface area contributed by atoms with Gasteiger partial charge in [0.25, 0.3) is 0 Å². The molecule has 0 spiro atoms.